The van der Waals surface area contributed by atoms with Crippen molar-refractivity contribution >= 4 is 0 Å². The Kier molecular flexibility index (Phi) is 32.2. The lowest BCUT2D eigenvalue weighted by Gasteiger charge is -2.19. The Morgan fingerprint density at radius 3 is 0.761 bits per heavy atom. The summed E-state index contributed by atoms with van der Waals surface area (Å²) in [5.74, 6) is 7.78. The summed E-state index contributed by atoms with van der Waals surface area (Å²) >= 11 is 0. The molecule has 0 spiro atoms. The van der Waals surface area contributed by atoms with Gasteiger partial charge >= 0.3 is 0 Å². The second-order valence-electron chi connectivity index (χ2n) is 22.1. The molecule has 0 N–H and O–H groups in total. The Morgan fingerprint density at radius 1 is 0.284 bits per heavy atom. The molecule has 0 saturated heterocycles. The maximum absolute atomic E-state index is 2.41. The minimum atomic E-state index is 0.653. The van der Waals surface area contributed by atoms with E-state index < -0.39 is 0 Å². The van der Waals surface area contributed by atoms with Gasteiger partial charge in [-0.25, -0.2) is 0 Å². The monoisotopic (exact) mass is 909 g/mol. The van der Waals surface area contributed by atoms with Crippen molar-refractivity contribution in [2.24, 2.45) is 35.5 Å². The van der Waals surface area contributed by atoms with Crippen LogP contribution in [-0.4, -0.2) is 0 Å². The van der Waals surface area contributed by atoms with Crippen LogP contribution in [0.4, 0.5) is 0 Å². The first-order valence-electron chi connectivity index (χ1n) is 27.0. The molecule has 3 aliphatic carbocycles. The lowest BCUT2D eigenvalue weighted by molar-refractivity contribution is 0.412. The molecule has 0 aliphatic heterocycles. The lowest BCUT2D eigenvalue weighted by atomic mass is 9.87. The van der Waals surface area contributed by atoms with Crippen LogP contribution in [0.25, 0.3) is 0 Å². The second kappa shape index (κ2) is 35.2. The number of rotatable bonds is 7. The van der Waals surface area contributed by atoms with Gasteiger partial charge in [-0.2, -0.15) is 0 Å². The Bertz CT molecular complexity index is 1660. The van der Waals surface area contributed by atoms with Crippen molar-refractivity contribution < 1.29 is 0 Å². The summed E-state index contributed by atoms with van der Waals surface area (Å²) in [6, 6.07) is 34.9. The Balaban J connectivity index is 0.000000391. The van der Waals surface area contributed by atoms with Crippen molar-refractivity contribution in [3.8, 4) is 0 Å². The van der Waals surface area contributed by atoms with Crippen LogP contribution in [0.3, 0.4) is 0 Å². The third kappa shape index (κ3) is 28.9. The fourth-order valence-corrected chi connectivity index (χ4v) is 7.98. The molecule has 0 amide bonds. The molecule has 4 aromatic carbocycles. The van der Waals surface area contributed by atoms with Gasteiger partial charge in [-0.3, -0.25) is 0 Å². The van der Waals surface area contributed by atoms with E-state index >= 15 is 0 Å². The second-order valence-corrected chi connectivity index (χ2v) is 22.1. The average Bonchev–Trinajstić information content (AvgIpc) is 3.71. The Hall–Kier alpha value is -3.90. The molecule has 0 saturated carbocycles. The van der Waals surface area contributed by atoms with Crippen LogP contribution in [0.5, 0.6) is 0 Å². The third-order valence-electron chi connectivity index (χ3n) is 13.4. The van der Waals surface area contributed by atoms with Gasteiger partial charge < -0.3 is 0 Å². The zero-order valence-electron chi connectivity index (χ0n) is 46.8. The van der Waals surface area contributed by atoms with Crippen molar-refractivity contribution in [2.45, 2.75) is 206 Å². The molecule has 67 heavy (non-hydrogen) atoms. The van der Waals surface area contributed by atoms with Gasteiger partial charge in [-0.15, -0.1) is 0 Å². The molecular formula is C67H104. The molecule has 0 bridgehead atoms. The fourth-order valence-electron chi connectivity index (χ4n) is 7.98. The SMILES string of the molecule is CC(C)C1C=CCC1.CC(C)C1C=CCCC1.CC(C)C1C=CCCCC1.Cc1ccc(C(C)C)cc1.Cc1ccc(C(C)C)cc1.Cc1ccc(C(C)C)cc1.Cc1ccc(C(C)C)cc1. The first kappa shape index (κ1) is 61.1. The van der Waals surface area contributed by atoms with Crippen LogP contribution in [0.15, 0.2) is 134 Å². The smallest absolute Gasteiger partial charge is 0.0207 e. The summed E-state index contributed by atoms with van der Waals surface area (Å²) in [5.41, 5.74) is 11.0. The van der Waals surface area contributed by atoms with Gasteiger partial charge in [0.2, 0.25) is 0 Å². The number of hydrogen-bond acceptors (Lipinski definition) is 0. The highest BCUT2D eigenvalue weighted by atomic mass is 14.2. The van der Waals surface area contributed by atoms with Gasteiger partial charge in [-0.05, 0) is 160 Å². The summed E-state index contributed by atoms with van der Waals surface area (Å²) < 4.78 is 0. The number of benzene rings is 4. The van der Waals surface area contributed by atoms with Gasteiger partial charge in [0.15, 0.2) is 0 Å². The predicted molar refractivity (Wildman–Crippen MR) is 305 cm³/mol. The fraction of sp³-hybridized carbons (Fsp3) is 0.552. The molecule has 0 fully saturated rings. The van der Waals surface area contributed by atoms with Crippen molar-refractivity contribution in [1.29, 1.82) is 0 Å². The summed E-state index contributed by atoms with van der Waals surface area (Å²) in [4.78, 5) is 0. The minimum absolute atomic E-state index is 0.653. The maximum atomic E-state index is 2.41. The summed E-state index contributed by atoms with van der Waals surface area (Å²) in [5, 5.41) is 0. The lowest BCUT2D eigenvalue weighted by Crippen LogP contribution is -2.07. The van der Waals surface area contributed by atoms with Crippen LogP contribution >= 0.6 is 0 Å². The first-order valence-corrected chi connectivity index (χ1v) is 27.0. The van der Waals surface area contributed by atoms with Crippen LogP contribution in [0, 0.1) is 63.2 Å². The van der Waals surface area contributed by atoms with Crippen molar-refractivity contribution in [2.75, 3.05) is 0 Å². The van der Waals surface area contributed by atoms with Crippen molar-refractivity contribution in [3.63, 3.8) is 0 Å². The quantitative estimate of drug-likeness (QED) is 0.162. The molecule has 0 heterocycles. The molecule has 0 radical (unpaired) electrons. The van der Waals surface area contributed by atoms with E-state index in [1.54, 1.807) is 0 Å². The molecule has 4 aromatic rings. The minimum Gasteiger partial charge on any atom is -0.0883 e. The molecule has 3 atom stereocenters. The Morgan fingerprint density at radius 2 is 0.522 bits per heavy atom. The van der Waals surface area contributed by atoms with Gasteiger partial charge in [0.1, 0.15) is 0 Å². The number of allylic oxidation sites excluding steroid dienone is 6. The molecule has 0 aromatic heterocycles. The van der Waals surface area contributed by atoms with E-state index in [1.165, 1.54) is 102 Å². The van der Waals surface area contributed by atoms with E-state index in [9.17, 15) is 0 Å². The molecular weight excluding hydrogens is 805 g/mol. The first-order chi connectivity index (χ1) is 31.7. The zero-order chi connectivity index (χ0) is 50.3. The van der Waals surface area contributed by atoms with Gasteiger partial charge in [-0.1, -0.05) is 259 Å². The van der Waals surface area contributed by atoms with E-state index in [2.05, 4.69) is 258 Å². The largest absolute Gasteiger partial charge is 0.0883 e. The zero-order valence-corrected chi connectivity index (χ0v) is 46.8. The highest BCUT2D eigenvalue weighted by Gasteiger charge is 2.13. The van der Waals surface area contributed by atoms with E-state index in [-0.39, 0.29) is 0 Å². The number of aryl methyl sites for hydroxylation is 4. The van der Waals surface area contributed by atoms with Crippen LogP contribution in [0.1, 0.15) is 223 Å². The van der Waals surface area contributed by atoms with E-state index in [4.69, 9.17) is 0 Å². The summed E-state index contributed by atoms with van der Waals surface area (Å²) in [6.07, 6.45) is 26.5. The van der Waals surface area contributed by atoms with Crippen LogP contribution in [-0.2, 0) is 0 Å². The standard InChI is InChI=1S/4C10H14.C10H18.C9H16.C8H14/c4*1-8(2)10-6-4-9(3)5-7-10;1-9(2)10-7-5-3-4-6-8-10;1-8(2)9-6-4-3-5-7-9;1-7(2)8-5-3-4-6-8/h4*4-8H,1-3H3;5,7,9-10H,3-4,6,8H2,1-2H3;4,6,8-9H,3,5,7H2,1-2H3;3,5,7-8H,4,6H2,1-2H3. The average molecular weight is 910 g/mol. The molecule has 3 aliphatic rings. The van der Waals surface area contributed by atoms with E-state index in [1.807, 2.05) is 0 Å². The molecule has 0 heteroatoms. The molecule has 7 rings (SSSR count). The third-order valence-corrected chi connectivity index (χ3v) is 13.4. The normalized spacial score (nSPS) is 17.2. The summed E-state index contributed by atoms with van der Waals surface area (Å²) in [7, 11) is 0. The van der Waals surface area contributed by atoms with Crippen molar-refractivity contribution in [3.05, 3.63) is 178 Å². The van der Waals surface area contributed by atoms with Gasteiger partial charge in [0, 0.05) is 0 Å². The van der Waals surface area contributed by atoms with E-state index in [0.29, 0.717) is 23.7 Å². The van der Waals surface area contributed by atoms with Crippen molar-refractivity contribution in [1.82, 2.24) is 0 Å². The Labute approximate surface area is 417 Å². The molecule has 0 nitrogen and oxygen atoms in total. The molecule has 3 unspecified atom stereocenters. The summed E-state index contributed by atoms with van der Waals surface area (Å²) in [6.45, 7) is 40.0. The van der Waals surface area contributed by atoms with E-state index in [0.717, 1.165) is 35.5 Å². The highest BCUT2D eigenvalue weighted by molar-refractivity contribution is 5.26. The maximum Gasteiger partial charge on any atom is -0.0207 e. The molecule has 372 valence electrons. The number of hydrogen-bond donors (Lipinski definition) is 0. The van der Waals surface area contributed by atoms with Crippen LogP contribution in [0.2, 0.25) is 0 Å². The highest BCUT2D eigenvalue weighted by Crippen LogP contribution is 2.26. The predicted octanol–water partition coefficient (Wildman–Crippen LogP) is 21.5. The van der Waals surface area contributed by atoms with Gasteiger partial charge in [0.25, 0.3) is 0 Å². The van der Waals surface area contributed by atoms with Gasteiger partial charge in [0.05, 0.1) is 0 Å². The van der Waals surface area contributed by atoms with Crippen LogP contribution < -0.4 is 0 Å². The topological polar surface area (TPSA) is 0 Å².